The monoisotopic (exact) mass is 261 g/mol. The maximum atomic E-state index is 14.0. The molecule has 1 amide bonds. The summed E-state index contributed by atoms with van der Waals surface area (Å²) < 4.78 is 27.9. The average molecular weight is 261 g/mol. The van der Waals surface area contributed by atoms with Crippen LogP contribution >= 0.6 is 0 Å². The van der Waals surface area contributed by atoms with Gasteiger partial charge in [0.2, 0.25) is 0 Å². The maximum Gasteiger partial charge on any atom is 0.350 e. The number of aryl methyl sites for hydroxylation is 1. The highest BCUT2D eigenvalue weighted by atomic mass is 19.3. The second-order valence-electron chi connectivity index (χ2n) is 4.26. The third-order valence-corrected chi connectivity index (χ3v) is 2.73. The summed E-state index contributed by atoms with van der Waals surface area (Å²) in [5.74, 6) is -4.88. The standard InChI is InChI=1S/C15H13F2NO/c1-11-7-9-12(10-8-11)15(16,17)14(19)18-13-5-3-2-4-6-13/h2-10H,1H3,(H,18,19). The van der Waals surface area contributed by atoms with E-state index in [0.717, 1.165) is 5.56 Å². The lowest BCUT2D eigenvalue weighted by molar-refractivity contribution is -0.140. The number of carbonyl (C=O) groups excluding carboxylic acids is 1. The molecule has 1 N–H and O–H groups in total. The lowest BCUT2D eigenvalue weighted by atomic mass is 10.1. The Morgan fingerprint density at radius 3 is 2.16 bits per heavy atom. The summed E-state index contributed by atoms with van der Waals surface area (Å²) in [5, 5.41) is 2.21. The van der Waals surface area contributed by atoms with Crippen molar-refractivity contribution in [3.8, 4) is 0 Å². The molecule has 0 aromatic heterocycles. The molecule has 2 aromatic carbocycles. The van der Waals surface area contributed by atoms with Crippen LogP contribution in [0.15, 0.2) is 54.6 Å². The number of nitrogens with one attached hydrogen (secondary N) is 1. The van der Waals surface area contributed by atoms with E-state index in [-0.39, 0.29) is 5.56 Å². The Hall–Kier alpha value is -2.23. The van der Waals surface area contributed by atoms with Crippen molar-refractivity contribution in [2.45, 2.75) is 12.8 Å². The molecule has 0 saturated carbocycles. The number of halogens is 2. The molecule has 0 radical (unpaired) electrons. The van der Waals surface area contributed by atoms with Crippen molar-refractivity contribution in [1.29, 1.82) is 0 Å². The number of anilines is 1. The zero-order valence-corrected chi connectivity index (χ0v) is 10.4. The quantitative estimate of drug-likeness (QED) is 0.896. The Balaban J connectivity index is 2.19. The first-order chi connectivity index (χ1) is 9.00. The van der Waals surface area contributed by atoms with Gasteiger partial charge in [-0.1, -0.05) is 48.0 Å². The number of alkyl halides is 2. The van der Waals surface area contributed by atoms with Crippen LogP contribution in [0.25, 0.3) is 0 Å². The van der Waals surface area contributed by atoms with Crippen LogP contribution in [-0.4, -0.2) is 5.91 Å². The lowest BCUT2D eigenvalue weighted by Crippen LogP contribution is -2.32. The predicted octanol–water partition coefficient (Wildman–Crippen LogP) is 3.73. The number of amides is 1. The summed E-state index contributed by atoms with van der Waals surface area (Å²) in [6, 6.07) is 13.8. The van der Waals surface area contributed by atoms with Crippen LogP contribution in [-0.2, 0) is 10.7 Å². The van der Waals surface area contributed by atoms with Gasteiger partial charge in [-0.2, -0.15) is 8.78 Å². The Kier molecular flexibility index (Phi) is 3.60. The van der Waals surface area contributed by atoms with Crippen LogP contribution in [0.4, 0.5) is 14.5 Å². The van der Waals surface area contributed by atoms with Gasteiger partial charge in [0.15, 0.2) is 0 Å². The summed E-state index contributed by atoms with van der Waals surface area (Å²) in [4.78, 5) is 11.7. The van der Waals surface area contributed by atoms with E-state index in [1.807, 2.05) is 0 Å². The summed E-state index contributed by atoms with van der Waals surface area (Å²) in [7, 11) is 0. The van der Waals surface area contributed by atoms with Gasteiger partial charge in [0, 0.05) is 11.3 Å². The topological polar surface area (TPSA) is 29.1 Å². The largest absolute Gasteiger partial charge is 0.350 e. The fourth-order valence-corrected chi connectivity index (χ4v) is 1.63. The highest BCUT2D eigenvalue weighted by Crippen LogP contribution is 2.29. The number of para-hydroxylation sites is 1. The van der Waals surface area contributed by atoms with Gasteiger partial charge in [-0.25, -0.2) is 0 Å². The SMILES string of the molecule is Cc1ccc(C(F)(F)C(=O)Nc2ccccc2)cc1. The molecule has 2 nitrogen and oxygen atoms in total. The molecule has 0 bridgehead atoms. The van der Waals surface area contributed by atoms with E-state index in [2.05, 4.69) is 5.32 Å². The second kappa shape index (κ2) is 5.18. The van der Waals surface area contributed by atoms with Crippen molar-refractivity contribution in [1.82, 2.24) is 0 Å². The Bertz CT molecular complexity index is 564. The Labute approximate surface area is 110 Å². The zero-order valence-electron chi connectivity index (χ0n) is 10.4. The van der Waals surface area contributed by atoms with E-state index in [9.17, 15) is 13.6 Å². The molecule has 0 aliphatic heterocycles. The van der Waals surface area contributed by atoms with Crippen molar-refractivity contribution in [3.05, 3.63) is 65.7 Å². The zero-order chi connectivity index (χ0) is 13.9. The molecule has 0 spiro atoms. The minimum absolute atomic E-state index is 0.313. The van der Waals surface area contributed by atoms with Crippen molar-refractivity contribution >= 4 is 11.6 Å². The van der Waals surface area contributed by atoms with Crippen LogP contribution in [0.5, 0.6) is 0 Å². The van der Waals surface area contributed by atoms with Gasteiger partial charge in [-0.3, -0.25) is 4.79 Å². The van der Waals surface area contributed by atoms with E-state index in [4.69, 9.17) is 0 Å². The Morgan fingerprint density at radius 2 is 1.58 bits per heavy atom. The van der Waals surface area contributed by atoms with E-state index < -0.39 is 11.8 Å². The third-order valence-electron chi connectivity index (χ3n) is 2.73. The van der Waals surface area contributed by atoms with Gasteiger partial charge in [-0.05, 0) is 19.1 Å². The number of hydrogen-bond acceptors (Lipinski definition) is 1. The van der Waals surface area contributed by atoms with Crippen LogP contribution in [0.3, 0.4) is 0 Å². The molecule has 2 rings (SSSR count). The fraction of sp³-hybridized carbons (Fsp3) is 0.133. The van der Waals surface area contributed by atoms with Crippen molar-refractivity contribution < 1.29 is 13.6 Å². The van der Waals surface area contributed by atoms with Crippen molar-refractivity contribution in [2.75, 3.05) is 5.32 Å². The molecular weight excluding hydrogens is 248 g/mol. The van der Waals surface area contributed by atoms with Gasteiger partial charge >= 0.3 is 5.92 Å². The molecule has 0 fully saturated rings. The summed E-state index contributed by atoms with van der Waals surface area (Å²) in [6.45, 7) is 1.80. The first kappa shape index (κ1) is 13.2. The molecule has 0 saturated heterocycles. The van der Waals surface area contributed by atoms with Crippen LogP contribution in [0.1, 0.15) is 11.1 Å². The van der Waals surface area contributed by atoms with Crippen molar-refractivity contribution in [3.63, 3.8) is 0 Å². The molecule has 98 valence electrons. The van der Waals surface area contributed by atoms with Crippen LogP contribution < -0.4 is 5.32 Å². The second-order valence-corrected chi connectivity index (χ2v) is 4.26. The van der Waals surface area contributed by atoms with Gasteiger partial charge in [-0.15, -0.1) is 0 Å². The van der Waals surface area contributed by atoms with Gasteiger partial charge in [0.1, 0.15) is 0 Å². The third kappa shape index (κ3) is 2.96. The molecule has 0 heterocycles. The van der Waals surface area contributed by atoms with Gasteiger partial charge in [0.05, 0.1) is 0 Å². The van der Waals surface area contributed by atoms with Gasteiger partial charge < -0.3 is 5.32 Å². The highest BCUT2D eigenvalue weighted by Gasteiger charge is 2.40. The van der Waals surface area contributed by atoms with Crippen LogP contribution in [0, 0.1) is 6.92 Å². The number of rotatable bonds is 3. The summed E-state index contributed by atoms with van der Waals surface area (Å²) in [6.07, 6.45) is 0. The number of benzene rings is 2. The number of carbonyl (C=O) groups is 1. The molecule has 2 aromatic rings. The molecule has 0 aliphatic carbocycles. The molecule has 4 heteroatoms. The minimum atomic E-state index is -3.55. The summed E-state index contributed by atoms with van der Waals surface area (Å²) >= 11 is 0. The predicted molar refractivity (Wildman–Crippen MR) is 70.1 cm³/mol. The minimum Gasteiger partial charge on any atom is -0.321 e. The van der Waals surface area contributed by atoms with E-state index in [1.54, 1.807) is 49.4 Å². The molecular formula is C15H13F2NO. The van der Waals surface area contributed by atoms with E-state index in [0.29, 0.717) is 5.69 Å². The molecule has 0 aliphatic rings. The summed E-state index contributed by atoms with van der Waals surface area (Å²) in [5.41, 5.74) is 0.897. The van der Waals surface area contributed by atoms with Gasteiger partial charge in [0.25, 0.3) is 5.91 Å². The highest BCUT2D eigenvalue weighted by molar-refractivity contribution is 5.96. The Morgan fingerprint density at radius 1 is 1.00 bits per heavy atom. The first-order valence-corrected chi connectivity index (χ1v) is 5.81. The smallest absolute Gasteiger partial charge is 0.321 e. The number of hydrogen-bond donors (Lipinski definition) is 1. The average Bonchev–Trinajstić information content (AvgIpc) is 2.40. The molecule has 0 atom stereocenters. The van der Waals surface area contributed by atoms with E-state index >= 15 is 0 Å². The first-order valence-electron chi connectivity index (χ1n) is 5.81. The fourth-order valence-electron chi connectivity index (χ4n) is 1.63. The van der Waals surface area contributed by atoms with Crippen LogP contribution in [0.2, 0.25) is 0 Å². The molecule has 0 unspecified atom stereocenters. The maximum absolute atomic E-state index is 14.0. The lowest BCUT2D eigenvalue weighted by Gasteiger charge is -2.16. The molecule has 19 heavy (non-hydrogen) atoms. The normalized spacial score (nSPS) is 11.1. The van der Waals surface area contributed by atoms with E-state index in [1.165, 1.54) is 12.1 Å². The van der Waals surface area contributed by atoms with Crippen molar-refractivity contribution in [2.24, 2.45) is 0 Å².